The first-order valence-corrected chi connectivity index (χ1v) is 15.9. The zero-order chi connectivity index (χ0) is 29.7. The molecule has 5 rings (SSSR count). The molecule has 1 aliphatic heterocycles. The molecule has 0 N–H and O–H groups in total. The summed E-state index contributed by atoms with van der Waals surface area (Å²) in [5, 5.41) is 2.06. The number of methoxy groups -OCH3 is 1. The fourth-order valence-electron chi connectivity index (χ4n) is 5.48. The standard InChI is InChI=1S/C36H37Br2NO3/c1-25(41-19-17-26-9-7-11-29(37)21-26)33-24-36(2,3)39(42-20-18-27-10-8-12-30(38)22-27)34-16-15-28(23-32(33)34)31-13-5-6-14-35(31)40-4/h5-16,21-25H,17-20H2,1-4H3. The largest absolute Gasteiger partial charge is 0.496 e. The third kappa shape index (κ3) is 7.17. The Kier molecular flexibility index (Phi) is 9.89. The van der Waals surface area contributed by atoms with Crippen LogP contribution in [0.3, 0.4) is 0 Å². The SMILES string of the molecule is COc1ccccc1-c1ccc2c(c1)C(C(C)OCCc1cccc(Br)c1)=CC(C)(C)N2OCCc1cccc(Br)c1. The molecule has 0 fully saturated rings. The Bertz CT molecular complexity index is 1570. The highest BCUT2D eigenvalue weighted by Crippen LogP contribution is 2.44. The summed E-state index contributed by atoms with van der Waals surface area (Å²) in [5.41, 5.74) is 7.54. The van der Waals surface area contributed by atoms with Crippen LogP contribution in [-0.4, -0.2) is 32.0 Å². The zero-order valence-electron chi connectivity index (χ0n) is 24.6. The van der Waals surface area contributed by atoms with Crippen molar-refractivity contribution in [1.29, 1.82) is 0 Å². The van der Waals surface area contributed by atoms with Gasteiger partial charge in [0, 0.05) is 20.1 Å². The second kappa shape index (κ2) is 13.6. The number of hydroxylamine groups is 1. The average molecular weight is 692 g/mol. The smallest absolute Gasteiger partial charge is 0.126 e. The molecule has 0 aromatic heterocycles. The molecule has 1 heterocycles. The van der Waals surface area contributed by atoms with Crippen LogP contribution >= 0.6 is 31.9 Å². The van der Waals surface area contributed by atoms with Crippen molar-refractivity contribution in [1.82, 2.24) is 0 Å². The Morgan fingerprint density at radius 2 is 1.43 bits per heavy atom. The average Bonchev–Trinajstić information content (AvgIpc) is 2.97. The summed E-state index contributed by atoms with van der Waals surface area (Å²) < 4.78 is 14.3. The summed E-state index contributed by atoms with van der Waals surface area (Å²) in [4.78, 5) is 6.54. The summed E-state index contributed by atoms with van der Waals surface area (Å²) in [6.07, 6.45) is 3.85. The molecular formula is C36H37Br2NO3. The molecule has 4 nitrogen and oxygen atoms in total. The summed E-state index contributed by atoms with van der Waals surface area (Å²) >= 11 is 7.15. The monoisotopic (exact) mass is 689 g/mol. The van der Waals surface area contributed by atoms with Gasteiger partial charge in [0.15, 0.2) is 0 Å². The molecule has 4 aromatic carbocycles. The van der Waals surface area contributed by atoms with E-state index < -0.39 is 0 Å². The van der Waals surface area contributed by atoms with E-state index in [9.17, 15) is 0 Å². The van der Waals surface area contributed by atoms with Crippen molar-refractivity contribution >= 4 is 43.1 Å². The molecule has 0 saturated heterocycles. The topological polar surface area (TPSA) is 30.9 Å². The van der Waals surface area contributed by atoms with Crippen molar-refractivity contribution < 1.29 is 14.3 Å². The van der Waals surface area contributed by atoms with E-state index in [0.29, 0.717) is 13.2 Å². The van der Waals surface area contributed by atoms with E-state index in [0.717, 1.165) is 55.5 Å². The summed E-state index contributed by atoms with van der Waals surface area (Å²) in [5.74, 6) is 0.847. The second-order valence-corrected chi connectivity index (χ2v) is 12.9. The van der Waals surface area contributed by atoms with E-state index in [2.05, 4.69) is 124 Å². The van der Waals surface area contributed by atoms with Crippen LogP contribution in [-0.2, 0) is 22.4 Å². The third-order valence-corrected chi connectivity index (χ3v) is 8.55. The van der Waals surface area contributed by atoms with Gasteiger partial charge in [-0.3, -0.25) is 4.84 Å². The maximum Gasteiger partial charge on any atom is 0.126 e. The van der Waals surface area contributed by atoms with Crippen LogP contribution in [0.15, 0.2) is 106 Å². The lowest BCUT2D eigenvalue weighted by Crippen LogP contribution is -2.46. The normalized spacial score (nSPS) is 14.7. The molecule has 218 valence electrons. The van der Waals surface area contributed by atoms with E-state index in [4.69, 9.17) is 14.3 Å². The molecule has 0 radical (unpaired) electrons. The number of ether oxygens (including phenoxy) is 2. The Balaban J connectivity index is 1.44. The summed E-state index contributed by atoms with van der Waals surface area (Å²) in [7, 11) is 1.72. The number of halogens is 2. The van der Waals surface area contributed by atoms with Crippen LogP contribution in [0.5, 0.6) is 5.75 Å². The van der Waals surface area contributed by atoms with Crippen LogP contribution < -0.4 is 9.80 Å². The molecule has 0 aliphatic carbocycles. The quantitative estimate of drug-likeness (QED) is 0.157. The van der Waals surface area contributed by atoms with Crippen molar-refractivity contribution in [2.75, 3.05) is 25.4 Å². The van der Waals surface area contributed by atoms with Gasteiger partial charge in [-0.05, 0) is 98.3 Å². The molecule has 1 unspecified atom stereocenters. The van der Waals surface area contributed by atoms with Gasteiger partial charge >= 0.3 is 0 Å². The van der Waals surface area contributed by atoms with Crippen LogP contribution in [0.2, 0.25) is 0 Å². The lowest BCUT2D eigenvalue weighted by atomic mass is 9.86. The minimum atomic E-state index is -0.381. The van der Waals surface area contributed by atoms with Crippen molar-refractivity contribution in [2.45, 2.75) is 45.3 Å². The van der Waals surface area contributed by atoms with Crippen molar-refractivity contribution in [3.8, 4) is 16.9 Å². The fourth-order valence-corrected chi connectivity index (χ4v) is 6.37. The van der Waals surface area contributed by atoms with Gasteiger partial charge in [0.25, 0.3) is 0 Å². The summed E-state index contributed by atoms with van der Waals surface area (Å²) in [6, 6.07) is 31.5. The number of anilines is 1. The molecule has 0 amide bonds. The number of para-hydroxylation sites is 1. The molecule has 0 saturated carbocycles. The minimum Gasteiger partial charge on any atom is -0.496 e. The van der Waals surface area contributed by atoms with Crippen molar-refractivity contribution in [2.24, 2.45) is 0 Å². The predicted molar refractivity (Wildman–Crippen MR) is 180 cm³/mol. The number of fused-ring (bicyclic) bond motifs is 1. The maximum atomic E-state index is 6.54. The summed E-state index contributed by atoms with van der Waals surface area (Å²) in [6.45, 7) is 7.72. The first kappa shape index (κ1) is 30.6. The zero-order valence-corrected chi connectivity index (χ0v) is 27.7. The van der Waals surface area contributed by atoms with Gasteiger partial charge in [0.05, 0.1) is 37.7 Å². The highest BCUT2D eigenvalue weighted by atomic mass is 79.9. The number of hydrogen-bond donors (Lipinski definition) is 0. The Labute approximate surface area is 266 Å². The number of rotatable bonds is 11. The van der Waals surface area contributed by atoms with Gasteiger partial charge < -0.3 is 9.47 Å². The van der Waals surface area contributed by atoms with E-state index in [-0.39, 0.29) is 11.6 Å². The predicted octanol–water partition coefficient (Wildman–Crippen LogP) is 9.69. The van der Waals surface area contributed by atoms with Crippen molar-refractivity contribution in [3.63, 3.8) is 0 Å². The molecule has 1 aliphatic rings. The van der Waals surface area contributed by atoms with Gasteiger partial charge in [-0.2, -0.15) is 0 Å². The second-order valence-electron chi connectivity index (χ2n) is 11.1. The van der Waals surface area contributed by atoms with Crippen LogP contribution in [0, 0.1) is 0 Å². The molecular weight excluding hydrogens is 654 g/mol. The highest BCUT2D eigenvalue weighted by Gasteiger charge is 2.35. The van der Waals surface area contributed by atoms with Gasteiger partial charge in [-0.15, -0.1) is 0 Å². The Morgan fingerprint density at radius 1 is 0.762 bits per heavy atom. The first-order valence-electron chi connectivity index (χ1n) is 14.3. The lowest BCUT2D eigenvalue weighted by molar-refractivity contribution is 0.0733. The first-order chi connectivity index (χ1) is 20.2. The Hall–Kier alpha value is -2.90. The van der Waals surface area contributed by atoms with Gasteiger partial charge in [-0.25, -0.2) is 5.06 Å². The van der Waals surface area contributed by atoms with Gasteiger partial charge in [0.1, 0.15) is 5.75 Å². The molecule has 1 atom stereocenters. The molecule has 6 heteroatoms. The van der Waals surface area contributed by atoms with Crippen LogP contribution in [0.4, 0.5) is 5.69 Å². The van der Waals surface area contributed by atoms with Gasteiger partial charge in [-0.1, -0.05) is 86.5 Å². The third-order valence-electron chi connectivity index (χ3n) is 7.56. The van der Waals surface area contributed by atoms with Crippen LogP contribution in [0.25, 0.3) is 16.7 Å². The Morgan fingerprint density at radius 3 is 2.10 bits per heavy atom. The molecule has 4 aromatic rings. The molecule has 42 heavy (non-hydrogen) atoms. The lowest BCUT2D eigenvalue weighted by Gasteiger charge is -2.43. The minimum absolute atomic E-state index is 0.105. The highest BCUT2D eigenvalue weighted by molar-refractivity contribution is 9.10. The van der Waals surface area contributed by atoms with Crippen molar-refractivity contribution in [3.05, 3.63) is 123 Å². The molecule has 0 spiro atoms. The number of hydrogen-bond acceptors (Lipinski definition) is 4. The maximum absolute atomic E-state index is 6.54. The van der Waals surface area contributed by atoms with E-state index in [1.807, 2.05) is 30.3 Å². The molecule has 0 bridgehead atoms. The van der Waals surface area contributed by atoms with E-state index >= 15 is 0 Å². The van der Waals surface area contributed by atoms with E-state index in [1.54, 1.807) is 7.11 Å². The number of nitrogens with zero attached hydrogens (tertiary/aromatic N) is 1. The van der Waals surface area contributed by atoms with Crippen LogP contribution in [0.1, 0.15) is 37.5 Å². The fraction of sp³-hybridized carbons (Fsp3) is 0.278. The van der Waals surface area contributed by atoms with E-state index in [1.165, 1.54) is 11.1 Å². The number of benzene rings is 4. The van der Waals surface area contributed by atoms with Gasteiger partial charge in [0.2, 0.25) is 0 Å².